The van der Waals surface area contributed by atoms with Crippen LogP contribution in [0.4, 0.5) is 8.78 Å². The van der Waals surface area contributed by atoms with E-state index in [1.54, 1.807) is 0 Å². The molecule has 1 rings (SSSR count). The summed E-state index contributed by atoms with van der Waals surface area (Å²) in [6.07, 6.45) is -4.65. The van der Waals surface area contributed by atoms with Crippen LogP contribution in [0.3, 0.4) is 0 Å². The number of rotatable bonds is 7. The summed E-state index contributed by atoms with van der Waals surface area (Å²) >= 11 is 0. The van der Waals surface area contributed by atoms with Gasteiger partial charge < -0.3 is 15.2 Å². The summed E-state index contributed by atoms with van der Waals surface area (Å²) in [7, 11) is 0. The third-order valence-corrected chi connectivity index (χ3v) is 2.78. The van der Waals surface area contributed by atoms with Crippen LogP contribution in [0.5, 0.6) is 5.75 Å². The highest BCUT2D eigenvalue weighted by molar-refractivity contribution is 5.76. The normalized spacial score (nSPS) is 12.3. The van der Waals surface area contributed by atoms with E-state index in [1.807, 2.05) is 32.0 Å². The average Bonchev–Trinajstić information content (AvgIpc) is 2.39. The molecule has 0 radical (unpaired) electrons. The minimum Gasteiger partial charge on any atom is -0.493 e. The lowest BCUT2D eigenvalue weighted by Gasteiger charge is -2.13. The number of hydrogen-bond donors (Lipinski definition) is 2. The molecule has 1 aromatic carbocycles. The van der Waals surface area contributed by atoms with Gasteiger partial charge in [-0.15, -0.1) is 0 Å². The first kappa shape index (κ1) is 16.4. The molecule has 0 aliphatic heterocycles. The molecule has 0 saturated carbocycles. The highest BCUT2D eigenvalue weighted by Crippen LogP contribution is 2.22. The summed E-state index contributed by atoms with van der Waals surface area (Å²) in [5.74, 6) is 0.295. The van der Waals surface area contributed by atoms with Crippen molar-refractivity contribution in [3.8, 4) is 5.75 Å². The van der Waals surface area contributed by atoms with E-state index in [1.165, 1.54) is 0 Å². The van der Waals surface area contributed by atoms with Gasteiger partial charge >= 0.3 is 0 Å². The SMILES string of the molecule is Cc1cccc(C)c1OCCC(=O)NCC(O)C(F)F. The second kappa shape index (κ2) is 7.79. The van der Waals surface area contributed by atoms with E-state index >= 15 is 0 Å². The van der Waals surface area contributed by atoms with E-state index in [4.69, 9.17) is 9.84 Å². The molecule has 0 aliphatic rings. The largest absolute Gasteiger partial charge is 0.493 e. The van der Waals surface area contributed by atoms with Gasteiger partial charge in [-0.2, -0.15) is 0 Å². The van der Waals surface area contributed by atoms with Crippen LogP contribution >= 0.6 is 0 Å². The fourth-order valence-electron chi connectivity index (χ4n) is 1.67. The van der Waals surface area contributed by atoms with Crippen LogP contribution in [0, 0.1) is 13.8 Å². The molecular formula is C14H19F2NO3. The van der Waals surface area contributed by atoms with Gasteiger partial charge in [-0.25, -0.2) is 8.78 Å². The first-order valence-corrected chi connectivity index (χ1v) is 6.33. The van der Waals surface area contributed by atoms with Gasteiger partial charge in [0.2, 0.25) is 5.91 Å². The van der Waals surface area contributed by atoms with E-state index in [0.717, 1.165) is 16.9 Å². The van der Waals surface area contributed by atoms with Gasteiger partial charge in [-0.3, -0.25) is 4.79 Å². The Kier molecular flexibility index (Phi) is 6.38. The number of para-hydroxylation sites is 1. The van der Waals surface area contributed by atoms with Crippen molar-refractivity contribution in [2.45, 2.75) is 32.8 Å². The van der Waals surface area contributed by atoms with Crippen LogP contribution in [0.1, 0.15) is 17.5 Å². The third-order valence-electron chi connectivity index (χ3n) is 2.78. The molecule has 112 valence electrons. The maximum absolute atomic E-state index is 12.0. The third kappa shape index (κ3) is 5.13. The summed E-state index contributed by atoms with van der Waals surface area (Å²) < 4.78 is 29.6. The zero-order valence-corrected chi connectivity index (χ0v) is 11.5. The van der Waals surface area contributed by atoms with Gasteiger partial charge in [0, 0.05) is 6.54 Å². The van der Waals surface area contributed by atoms with Crippen LogP contribution in [-0.4, -0.2) is 36.7 Å². The average molecular weight is 287 g/mol. The van der Waals surface area contributed by atoms with E-state index in [2.05, 4.69) is 5.32 Å². The number of ether oxygens (including phenoxy) is 1. The van der Waals surface area contributed by atoms with Gasteiger partial charge in [0.25, 0.3) is 6.43 Å². The van der Waals surface area contributed by atoms with Crippen molar-refractivity contribution < 1.29 is 23.4 Å². The molecule has 20 heavy (non-hydrogen) atoms. The predicted octanol–water partition coefficient (Wildman–Crippen LogP) is 1.81. The number of aliphatic hydroxyl groups is 1. The van der Waals surface area contributed by atoms with Gasteiger partial charge in [-0.05, 0) is 25.0 Å². The first-order chi connectivity index (χ1) is 9.41. The van der Waals surface area contributed by atoms with Crippen LogP contribution < -0.4 is 10.1 Å². The van der Waals surface area contributed by atoms with Crippen molar-refractivity contribution in [2.24, 2.45) is 0 Å². The maximum Gasteiger partial charge on any atom is 0.265 e. The van der Waals surface area contributed by atoms with Crippen molar-refractivity contribution in [3.05, 3.63) is 29.3 Å². The number of halogens is 2. The van der Waals surface area contributed by atoms with Gasteiger partial charge in [0.05, 0.1) is 13.0 Å². The fourth-order valence-corrected chi connectivity index (χ4v) is 1.67. The fraction of sp³-hybridized carbons (Fsp3) is 0.500. The molecule has 4 nitrogen and oxygen atoms in total. The second-order valence-electron chi connectivity index (χ2n) is 4.53. The van der Waals surface area contributed by atoms with E-state index < -0.39 is 25.0 Å². The summed E-state index contributed by atoms with van der Waals surface area (Å²) in [6.45, 7) is 3.50. The molecule has 0 saturated heterocycles. The maximum atomic E-state index is 12.0. The zero-order chi connectivity index (χ0) is 15.1. The second-order valence-corrected chi connectivity index (χ2v) is 4.53. The Bertz CT molecular complexity index is 432. The summed E-state index contributed by atoms with van der Waals surface area (Å²) in [4.78, 5) is 11.4. The van der Waals surface area contributed by atoms with Crippen LogP contribution in [0.25, 0.3) is 0 Å². The van der Waals surface area contributed by atoms with E-state index in [0.29, 0.717) is 0 Å². The molecule has 1 unspecified atom stereocenters. The molecule has 0 bridgehead atoms. The summed E-state index contributed by atoms with van der Waals surface area (Å²) in [6, 6.07) is 5.72. The summed E-state index contributed by atoms with van der Waals surface area (Å²) in [5, 5.41) is 11.1. The molecule has 1 atom stereocenters. The molecular weight excluding hydrogens is 268 g/mol. The van der Waals surface area contributed by atoms with Crippen molar-refractivity contribution in [2.75, 3.05) is 13.2 Å². The summed E-state index contributed by atoms with van der Waals surface area (Å²) in [5.41, 5.74) is 1.94. The first-order valence-electron chi connectivity index (χ1n) is 6.33. The van der Waals surface area contributed by atoms with Gasteiger partial charge in [-0.1, -0.05) is 18.2 Å². The molecule has 0 aliphatic carbocycles. The number of carbonyl (C=O) groups excluding carboxylic acids is 1. The van der Waals surface area contributed by atoms with E-state index in [-0.39, 0.29) is 13.0 Å². The quantitative estimate of drug-likeness (QED) is 0.804. The van der Waals surface area contributed by atoms with Crippen LogP contribution in [0.15, 0.2) is 18.2 Å². The number of amides is 1. The number of alkyl halides is 2. The number of nitrogens with one attached hydrogen (secondary N) is 1. The Hall–Kier alpha value is -1.69. The molecule has 0 heterocycles. The van der Waals surface area contributed by atoms with Crippen molar-refractivity contribution in [3.63, 3.8) is 0 Å². The number of benzene rings is 1. The number of carbonyl (C=O) groups is 1. The molecule has 1 amide bonds. The lowest BCUT2D eigenvalue weighted by atomic mass is 10.1. The molecule has 2 N–H and O–H groups in total. The van der Waals surface area contributed by atoms with Gasteiger partial charge in [0.1, 0.15) is 11.9 Å². The molecule has 0 fully saturated rings. The van der Waals surface area contributed by atoms with Crippen molar-refractivity contribution in [1.29, 1.82) is 0 Å². The van der Waals surface area contributed by atoms with Crippen molar-refractivity contribution >= 4 is 5.91 Å². The minimum atomic E-state index is -2.86. The zero-order valence-electron chi connectivity index (χ0n) is 11.5. The smallest absolute Gasteiger partial charge is 0.265 e. The highest BCUT2D eigenvalue weighted by atomic mass is 19.3. The minimum absolute atomic E-state index is 0.0454. The molecule has 0 spiro atoms. The Balaban J connectivity index is 2.32. The number of aliphatic hydroxyl groups excluding tert-OH is 1. The Morgan fingerprint density at radius 3 is 2.50 bits per heavy atom. The Morgan fingerprint density at radius 2 is 1.95 bits per heavy atom. The lowest BCUT2D eigenvalue weighted by Crippen LogP contribution is -2.36. The molecule has 0 aromatic heterocycles. The van der Waals surface area contributed by atoms with Crippen LogP contribution in [0.2, 0.25) is 0 Å². The Labute approximate surface area is 116 Å². The topological polar surface area (TPSA) is 58.6 Å². The molecule has 6 heteroatoms. The van der Waals surface area contributed by atoms with E-state index in [9.17, 15) is 13.6 Å². The standard InChI is InChI=1S/C14H19F2NO3/c1-9-4-3-5-10(2)13(9)20-7-6-12(19)17-8-11(18)14(15)16/h3-5,11,14,18H,6-8H2,1-2H3,(H,17,19). The number of aryl methyl sites for hydroxylation is 2. The van der Waals surface area contributed by atoms with Crippen LogP contribution in [-0.2, 0) is 4.79 Å². The lowest BCUT2D eigenvalue weighted by molar-refractivity contribution is -0.122. The van der Waals surface area contributed by atoms with Gasteiger partial charge in [0.15, 0.2) is 0 Å². The predicted molar refractivity (Wildman–Crippen MR) is 71.0 cm³/mol. The number of hydrogen-bond acceptors (Lipinski definition) is 3. The molecule has 1 aromatic rings. The monoisotopic (exact) mass is 287 g/mol. The Morgan fingerprint density at radius 1 is 1.35 bits per heavy atom. The highest BCUT2D eigenvalue weighted by Gasteiger charge is 2.17. The van der Waals surface area contributed by atoms with Crippen molar-refractivity contribution in [1.82, 2.24) is 5.32 Å².